The lowest BCUT2D eigenvalue weighted by Crippen LogP contribution is -2.32. The van der Waals surface area contributed by atoms with E-state index in [1.54, 1.807) is 29.6 Å². The molecule has 0 N–H and O–H groups in total. The van der Waals surface area contributed by atoms with Gasteiger partial charge in [0.1, 0.15) is 0 Å². The first-order valence-electron chi connectivity index (χ1n) is 9.22. The summed E-state index contributed by atoms with van der Waals surface area (Å²) in [7, 11) is 0. The smallest absolute Gasteiger partial charge is 0.261 e. The molecule has 0 unspecified atom stereocenters. The third kappa shape index (κ3) is 5.23. The van der Waals surface area contributed by atoms with Crippen LogP contribution < -0.4 is 4.90 Å². The van der Waals surface area contributed by atoms with E-state index in [4.69, 9.17) is 28.2 Å². The van der Waals surface area contributed by atoms with Crippen LogP contribution in [0.4, 0.5) is 5.13 Å². The van der Waals surface area contributed by atoms with Crippen molar-refractivity contribution in [2.45, 2.75) is 19.9 Å². The highest BCUT2D eigenvalue weighted by atomic mass is 79.9. The van der Waals surface area contributed by atoms with E-state index in [-0.39, 0.29) is 18.3 Å². The molecule has 0 radical (unpaired) electrons. The van der Waals surface area contributed by atoms with Gasteiger partial charge in [-0.15, -0.1) is 12.4 Å². The normalized spacial score (nSPS) is 10.8. The maximum absolute atomic E-state index is 13.5. The van der Waals surface area contributed by atoms with Crippen molar-refractivity contribution in [1.82, 2.24) is 14.5 Å². The predicted molar refractivity (Wildman–Crippen MR) is 134 cm³/mol. The molecule has 2 heterocycles. The molecule has 31 heavy (non-hydrogen) atoms. The van der Waals surface area contributed by atoms with E-state index in [1.807, 2.05) is 35.9 Å². The minimum absolute atomic E-state index is 0. The Morgan fingerprint density at radius 1 is 1.23 bits per heavy atom. The molecule has 4 rings (SSSR count). The molecule has 4 aromatic rings. The Hall–Kier alpha value is -1.64. The molecule has 0 saturated heterocycles. The number of hydrogen-bond acceptors (Lipinski definition) is 4. The fourth-order valence-electron chi connectivity index (χ4n) is 3.13. The number of fused-ring (bicyclic) bond motifs is 1. The third-order valence-electron chi connectivity index (χ3n) is 4.68. The van der Waals surface area contributed by atoms with Crippen LogP contribution in [-0.2, 0) is 6.54 Å². The summed E-state index contributed by atoms with van der Waals surface area (Å²) in [6.07, 6.45) is 6.13. The number of aryl methyl sites for hydroxylation is 2. The van der Waals surface area contributed by atoms with Gasteiger partial charge in [0.05, 0.1) is 32.2 Å². The number of benzene rings is 2. The second kappa shape index (κ2) is 10.3. The van der Waals surface area contributed by atoms with Gasteiger partial charge in [0.25, 0.3) is 5.91 Å². The minimum atomic E-state index is -0.195. The number of aromatic nitrogens is 3. The molecule has 0 spiro atoms. The van der Waals surface area contributed by atoms with Gasteiger partial charge >= 0.3 is 0 Å². The first-order chi connectivity index (χ1) is 14.4. The van der Waals surface area contributed by atoms with E-state index in [1.165, 1.54) is 11.3 Å². The molecule has 2 aromatic carbocycles. The van der Waals surface area contributed by atoms with Crippen molar-refractivity contribution in [1.29, 1.82) is 0 Å². The molecule has 10 heteroatoms. The number of anilines is 1. The lowest BCUT2D eigenvalue weighted by atomic mass is 10.2. The van der Waals surface area contributed by atoms with Gasteiger partial charge in [0.15, 0.2) is 5.13 Å². The third-order valence-corrected chi connectivity index (χ3v) is 7.04. The van der Waals surface area contributed by atoms with Gasteiger partial charge < -0.3 is 4.57 Å². The summed E-state index contributed by atoms with van der Waals surface area (Å²) in [4.78, 5) is 24.0. The van der Waals surface area contributed by atoms with E-state index in [0.717, 1.165) is 33.2 Å². The fourth-order valence-corrected chi connectivity index (χ4v) is 5.03. The van der Waals surface area contributed by atoms with Crippen LogP contribution in [0.2, 0.25) is 10.0 Å². The highest BCUT2D eigenvalue weighted by Crippen LogP contribution is 2.36. The summed E-state index contributed by atoms with van der Waals surface area (Å²) < 4.78 is 3.64. The molecule has 0 saturated carbocycles. The van der Waals surface area contributed by atoms with Gasteiger partial charge in [0.2, 0.25) is 0 Å². The van der Waals surface area contributed by atoms with E-state index < -0.39 is 0 Å². The molecule has 0 aliphatic rings. The van der Waals surface area contributed by atoms with Crippen LogP contribution in [0.5, 0.6) is 0 Å². The lowest BCUT2D eigenvalue weighted by molar-refractivity contribution is 0.0986. The topological polar surface area (TPSA) is 51.0 Å². The van der Waals surface area contributed by atoms with Gasteiger partial charge in [-0.05, 0) is 43.2 Å². The van der Waals surface area contributed by atoms with Crippen molar-refractivity contribution in [3.8, 4) is 0 Å². The van der Waals surface area contributed by atoms with Crippen LogP contribution in [0.3, 0.4) is 0 Å². The molecule has 2 aromatic heterocycles. The fraction of sp³-hybridized carbons (Fsp3) is 0.190. The summed E-state index contributed by atoms with van der Waals surface area (Å²) in [5.41, 5.74) is 2.26. The number of nitrogens with zero attached hydrogens (tertiary/aromatic N) is 4. The number of rotatable bonds is 6. The summed E-state index contributed by atoms with van der Waals surface area (Å²) in [5.74, 6) is -0.195. The van der Waals surface area contributed by atoms with Crippen LogP contribution in [0.25, 0.3) is 10.2 Å². The Morgan fingerprint density at radius 3 is 2.71 bits per heavy atom. The number of amides is 1. The van der Waals surface area contributed by atoms with Crippen LogP contribution >= 0.6 is 62.9 Å². The van der Waals surface area contributed by atoms with E-state index in [0.29, 0.717) is 27.3 Å². The van der Waals surface area contributed by atoms with Crippen molar-refractivity contribution in [2.75, 3.05) is 11.4 Å². The number of thiazole rings is 1. The second-order valence-electron chi connectivity index (χ2n) is 6.77. The zero-order chi connectivity index (χ0) is 21.3. The Bertz CT molecular complexity index is 1170. The Morgan fingerprint density at radius 2 is 2.00 bits per heavy atom. The van der Waals surface area contributed by atoms with Gasteiger partial charge in [-0.2, -0.15) is 0 Å². The molecular weight excluding hydrogens is 543 g/mol. The van der Waals surface area contributed by atoms with Gasteiger partial charge in [0, 0.05) is 30.0 Å². The van der Waals surface area contributed by atoms with Gasteiger partial charge in [-0.25, -0.2) is 9.97 Å². The van der Waals surface area contributed by atoms with Crippen LogP contribution in [0.1, 0.15) is 22.3 Å². The van der Waals surface area contributed by atoms with E-state index in [2.05, 4.69) is 20.9 Å². The summed E-state index contributed by atoms with van der Waals surface area (Å²) >= 11 is 17.6. The minimum Gasteiger partial charge on any atom is -0.337 e. The van der Waals surface area contributed by atoms with Crippen molar-refractivity contribution in [3.63, 3.8) is 0 Å². The Kier molecular flexibility index (Phi) is 7.99. The Balaban J connectivity index is 0.00000272. The molecule has 162 valence electrons. The van der Waals surface area contributed by atoms with Gasteiger partial charge in [-0.1, -0.05) is 56.5 Å². The van der Waals surface area contributed by atoms with Crippen molar-refractivity contribution >= 4 is 84.1 Å². The molecule has 5 nitrogen and oxygen atoms in total. The van der Waals surface area contributed by atoms with Crippen molar-refractivity contribution in [2.24, 2.45) is 0 Å². The van der Waals surface area contributed by atoms with Crippen molar-refractivity contribution < 1.29 is 4.79 Å². The molecule has 0 atom stereocenters. The monoisotopic (exact) mass is 558 g/mol. The standard InChI is InChI=1S/C21H17BrCl2N4OS.ClH/c1-13-3-5-17(24)19-18(13)26-21(30-19)28(9-2-8-27-10-7-25-12-27)20(29)15-11-14(22)4-6-16(15)23;/h3-7,10-12H,2,8-9H2,1H3;1H. The predicted octanol–water partition coefficient (Wildman–Crippen LogP) is 7.03. The average Bonchev–Trinajstić information content (AvgIpc) is 3.40. The quantitative estimate of drug-likeness (QED) is 0.254. The molecule has 0 aliphatic carbocycles. The summed E-state index contributed by atoms with van der Waals surface area (Å²) in [5, 5.41) is 1.64. The van der Waals surface area contributed by atoms with E-state index in [9.17, 15) is 4.79 Å². The summed E-state index contributed by atoms with van der Waals surface area (Å²) in [6.45, 7) is 3.20. The molecule has 0 fully saturated rings. The zero-order valence-corrected chi connectivity index (χ0v) is 21.1. The number of hydrogen-bond donors (Lipinski definition) is 0. The maximum atomic E-state index is 13.5. The lowest BCUT2D eigenvalue weighted by Gasteiger charge is -2.21. The molecule has 1 amide bonds. The van der Waals surface area contributed by atoms with E-state index >= 15 is 0 Å². The zero-order valence-electron chi connectivity index (χ0n) is 16.4. The average molecular weight is 561 g/mol. The highest BCUT2D eigenvalue weighted by molar-refractivity contribution is 9.10. The van der Waals surface area contributed by atoms with Crippen LogP contribution in [0.15, 0.2) is 53.5 Å². The summed E-state index contributed by atoms with van der Waals surface area (Å²) in [6, 6.07) is 9.05. The van der Waals surface area contributed by atoms with Crippen LogP contribution in [0, 0.1) is 6.92 Å². The number of carbonyl (C=O) groups is 1. The molecular formula is C21H18BrCl3N4OS. The maximum Gasteiger partial charge on any atom is 0.261 e. The first kappa shape index (κ1) is 24.0. The SMILES string of the molecule is Cc1ccc(Cl)c2sc(N(CCCn3ccnc3)C(=O)c3cc(Br)ccc3Cl)nc12.Cl. The largest absolute Gasteiger partial charge is 0.337 e. The Labute approximate surface area is 208 Å². The highest BCUT2D eigenvalue weighted by Gasteiger charge is 2.24. The molecule has 0 bridgehead atoms. The number of carbonyl (C=O) groups excluding carboxylic acids is 1. The first-order valence-corrected chi connectivity index (χ1v) is 11.6. The van der Waals surface area contributed by atoms with Crippen molar-refractivity contribution in [3.05, 3.63) is 74.7 Å². The van der Waals surface area contributed by atoms with Crippen LogP contribution in [-0.4, -0.2) is 27.0 Å². The second-order valence-corrected chi connectivity index (χ2v) is 9.48. The number of halogens is 4. The molecule has 0 aliphatic heterocycles. The number of imidazole rings is 1. The van der Waals surface area contributed by atoms with Gasteiger partial charge in [-0.3, -0.25) is 9.69 Å².